The van der Waals surface area contributed by atoms with Gasteiger partial charge in [-0.05, 0) is 44.2 Å². The number of hydrogen-bond donors (Lipinski definition) is 3. The molecule has 5 heteroatoms. The number of hydrogen-bond acceptors (Lipinski definition) is 3. The maximum absolute atomic E-state index is 9.14. The maximum Gasteiger partial charge on any atom is 0.191 e. The van der Waals surface area contributed by atoms with Crippen molar-refractivity contribution in [3.05, 3.63) is 29.8 Å². The van der Waals surface area contributed by atoms with E-state index in [0.29, 0.717) is 19.1 Å². The molecule has 0 amide bonds. The molecule has 3 N–H and O–H groups in total. The Morgan fingerprint density at radius 3 is 2.67 bits per heavy atom. The Bertz CT molecular complexity index is 471. The minimum absolute atomic E-state index is 0.231. The van der Waals surface area contributed by atoms with Gasteiger partial charge in [-0.3, -0.25) is 4.99 Å². The van der Waals surface area contributed by atoms with Crippen LogP contribution in [0, 0.1) is 12.8 Å². The normalized spacial score (nSPS) is 12.8. The third-order valence-corrected chi connectivity index (χ3v) is 3.83. The number of aliphatic hydroxyl groups excluding tert-OH is 1. The lowest BCUT2D eigenvalue weighted by molar-refractivity contribution is 0.253. The van der Waals surface area contributed by atoms with Crippen LogP contribution in [0.5, 0.6) is 5.75 Å². The number of aliphatic hydroxyl groups is 1. The van der Waals surface area contributed by atoms with Gasteiger partial charge in [0.25, 0.3) is 0 Å². The Kier molecular flexibility index (Phi) is 10.7. The Labute approximate surface area is 146 Å². The summed E-state index contributed by atoms with van der Waals surface area (Å²) < 4.78 is 5.79. The van der Waals surface area contributed by atoms with E-state index in [1.807, 2.05) is 31.2 Å². The highest BCUT2D eigenvalue weighted by Crippen LogP contribution is 2.15. The zero-order valence-electron chi connectivity index (χ0n) is 15.3. The molecule has 5 nitrogen and oxygen atoms in total. The average molecular weight is 335 g/mol. The number of guanidine groups is 1. The van der Waals surface area contributed by atoms with Gasteiger partial charge in [0.05, 0.1) is 6.54 Å². The molecule has 1 atom stereocenters. The molecule has 1 unspecified atom stereocenters. The Balaban J connectivity index is 2.41. The fourth-order valence-corrected chi connectivity index (χ4v) is 2.53. The quantitative estimate of drug-likeness (QED) is 0.330. The molecule has 0 aliphatic carbocycles. The first-order valence-corrected chi connectivity index (χ1v) is 9.02. The van der Waals surface area contributed by atoms with Crippen LogP contribution in [0.1, 0.15) is 38.7 Å². The molecule has 0 aromatic heterocycles. The molecule has 0 bridgehead atoms. The minimum atomic E-state index is 0.231. The number of para-hydroxylation sites is 1. The second-order valence-electron chi connectivity index (χ2n) is 5.93. The summed E-state index contributed by atoms with van der Waals surface area (Å²) in [5.74, 6) is 2.18. The molecule has 0 spiro atoms. The first-order chi connectivity index (χ1) is 11.7. The molecule has 1 aromatic carbocycles. The maximum atomic E-state index is 9.14. The van der Waals surface area contributed by atoms with Crippen LogP contribution in [0.3, 0.4) is 0 Å². The largest absolute Gasteiger partial charge is 0.491 e. The first-order valence-electron chi connectivity index (χ1n) is 9.02. The van der Waals surface area contributed by atoms with Crippen molar-refractivity contribution in [2.75, 3.05) is 32.8 Å². The summed E-state index contributed by atoms with van der Waals surface area (Å²) in [6, 6.07) is 8.02. The van der Waals surface area contributed by atoms with E-state index in [-0.39, 0.29) is 6.61 Å². The van der Waals surface area contributed by atoms with Gasteiger partial charge >= 0.3 is 0 Å². The Morgan fingerprint density at radius 2 is 2.00 bits per heavy atom. The highest BCUT2D eigenvalue weighted by molar-refractivity contribution is 5.79. The smallest absolute Gasteiger partial charge is 0.191 e. The summed E-state index contributed by atoms with van der Waals surface area (Å²) in [5, 5.41) is 15.7. The van der Waals surface area contributed by atoms with Gasteiger partial charge in [0, 0.05) is 19.7 Å². The second kappa shape index (κ2) is 12.6. The van der Waals surface area contributed by atoms with E-state index in [9.17, 15) is 0 Å². The lowest BCUT2D eigenvalue weighted by Crippen LogP contribution is -2.39. The van der Waals surface area contributed by atoms with Crippen molar-refractivity contribution < 1.29 is 9.84 Å². The van der Waals surface area contributed by atoms with Crippen LogP contribution < -0.4 is 15.4 Å². The predicted octanol–water partition coefficient (Wildman–Crippen LogP) is 2.73. The van der Waals surface area contributed by atoms with Crippen LogP contribution >= 0.6 is 0 Å². The fraction of sp³-hybridized carbons (Fsp3) is 0.632. The predicted molar refractivity (Wildman–Crippen MR) is 101 cm³/mol. The van der Waals surface area contributed by atoms with E-state index in [1.54, 1.807) is 0 Å². The number of rotatable bonds is 11. The summed E-state index contributed by atoms with van der Waals surface area (Å²) in [6.45, 7) is 9.34. The van der Waals surface area contributed by atoms with Crippen molar-refractivity contribution in [3.8, 4) is 5.75 Å². The van der Waals surface area contributed by atoms with Crippen molar-refractivity contribution in [3.63, 3.8) is 0 Å². The molecular weight excluding hydrogens is 302 g/mol. The molecule has 0 aliphatic heterocycles. The molecule has 0 radical (unpaired) electrons. The van der Waals surface area contributed by atoms with Crippen LogP contribution in [0.15, 0.2) is 29.3 Å². The number of nitrogens with zero attached hydrogens (tertiary/aromatic N) is 1. The van der Waals surface area contributed by atoms with E-state index >= 15 is 0 Å². The van der Waals surface area contributed by atoms with E-state index in [1.165, 1.54) is 0 Å². The molecule has 24 heavy (non-hydrogen) atoms. The molecule has 136 valence electrons. The Morgan fingerprint density at radius 1 is 1.21 bits per heavy atom. The Hall–Kier alpha value is -1.75. The van der Waals surface area contributed by atoms with Crippen LogP contribution in [0.2, 0.25) is 0 Å². The summed E-state index contributed by atoms with van der Waals surface area (Å²) >= 11 is 0. The number of ether oxygens (including phenoxy) is 1. The molecule has 0 saturated carbocycles. The zero-order valence-corrected chi connectivity index (χ0v) is 15.3. The molecule has 0 saturated heterocycles. The van der Waals surface area contributed by atoms with Crippen molar-refractivity contribution in [1.82, 2.24) is 10.6 Å². The summed E-state index contributed by atoms with van der Waals surface area (Å²) in [5.41, 5.74) is 1.14. The standard InChI is InChI=1S/C19H33N3O2/c1-4-8-17(11-13-23)15-22-19(20-5-2)21-12-14-24-18-10-7-6-9-16(18)3/h6-7,9-10,17,23H,4-5,8,11-15H2,1-3H3,(H2,20,21,22). The number of aliphatic imine (C=N–C) groups is 1. The fourth-order valence-electron chi connectivity index (χ4n) is 2.53. The van der Waals surface area contributed by atoms with Gasteiger partial charge in [0.15, 0.2) is 5.96 Å². The molecular formula is C19H33N3O2. The van der Waals surface area contributed by atoms with Gasteiger partial charge in [-0.1, -0.05) is 31.5 Å². The van der Waals surface area contributed by atoms with E-state index in [2.05, 4.69) is 29.5 Å². The number of benzene rings is 1. The van der Waals surface area contributed by atoms with E-state index in [0.717, 1.165) is 49.6 Å². The third-order valence-electron chi connectivity index (χ3n) is 3.83. The van der Waals surface area contributed by atoms with Gasteiger partial charge in [-0.25, -0.2) is 0 Å². The lowest BCUT2D eigenvalue weighted by Gasteiger charge is -2.15. The van der Waals surface area contributed by atoms with Gasteiger partial charge < -0.3 is 20.5 Å². The van der Waals surface area contributed by atoms with Crippen LogP contribution in [0.4, 0.5) is 0 Å². The van der Waals surface area contributed by atoms with Crippen LogP contribution in [-0.2, 0) is 0 Å². The molecule has 0 heterocycles. The van der Waals surface area contributed by atoms with Crippen molar-refractivity contribution in [2.24, 2.45) is 10.9 Å². The van der Waals surface area contributed by atoms with Gasteiger partial charge in [0.1, 0.15) is 12.4 Å². The third kappa shape index (κ3) is 8.20. The van der Waals surface area contributed by atoms with Gasteiger partial charge in [-0.2, -0.15) is 0 Å². The first kappa shape index (κ1) is 20.3. The van der Waals surface area contributed by atoms with E-state index in [4.69, 9.17) is 9.84 Å². The molecule has 0 aliphatic rings. The van der Waals surface area contributed by atoms with E-state index < -0.39 is 0 Å². The van der Waals surface area contributed by atoms with Gasteiger partial charge in [0.2, 0.25) is 0 Å². The highest BCUT2D eigenvalue weighted by Gasteiger charge is 2.07. The van der Waals surface area contributed by atoms with Crippen LogP contribution in [-0.4, -0.2) is 43.9 Å². The summed E-state index contributed by atoms with van der Waals surface area (Å²) in [6.07, 6.45) is 3.03. The summed E-state index contributed by atoms with van der Waals surface area (Å²) in [4.78, 5) is 4.64. The topological polar surface area (TPSA) is 65.9 Å². The monoisotopic (exact) mass is 335 g/mol. The molecule has 1 aromatic rings. The second-order valence-corrected chi connectivity index (χ2v) is 5.93. The van der Waals surface area contributed by atoms with Crippen LogP contribution in [0.25, 0.3) is 0 Å². The average Bonchev–Trinajstić information content (AvgIpc) is 2.58. The zero-order chi connectivity index (χ0) is 17.6. The molecule has 0 fully saturated rings. The molecule has 1 rings (SSSR count). The lowest BCUT2D eigenvalue weighted by atomic mass is 10.0. The minimum Gasteiger partial charge on any atom is -0.491 e. The highest BCUT2D eigenvalue weighted by atomic mass is 16.5. The number of aryl methyl sites for hydroxylation is 1. The summed E-state index contributed by atoms with van der Waals surface area (Å²) in [7, 11) is 0. The SMILES string of the molecule is CCCC(CCO)CN=C(NCC)NCCOc1ccccc1C. The van der Waals surface area contributed by atoms with Crippen molar-refractivity contribution in [1.29, 1.82) is 0 Å². The number of nitrogens with one attached hydrogen (secondary N) is 2. The van der Waals surface area contributed by atoms with Crippen molar-refractivity contribution in [2.45, 2.75) is 40.0 Å². The van der Waals surface area contributed by atoms with Gasteiger partial charge in [-0.15, -0.1) is 0 Å². The van der Waals surface area contributed by atoms with Crippen molar-refractivity contribution >= 4 is 5.96 Å².